The van der Waals surface area contributed by atoms with Crippen LogP contribution in [0.5, 0.6) is 5.75 Å². The molecule has 3 aromatic rings. The summed E-state index contributed by atoms with van der Waals surface area (Å²) in [5, 5.41) is 4.76. The molecule has 3 heterocycles. The molecule has 1 aromatic carbocycles. The van der Waals surface area contributed by atoms with Crippen molar-refractivity contribution >= 4 is 23.1 Å². The van der Waals surface area contributed by atoms with Crippen molar-refractivity contribution in [3.8, 4) is 17.1 Å². The Morgan fingerprint density at radius 3 is 2.28 bits per heavy atom. The van der Waals surface area contributed by atoms with Gasteiger partial charge in [0.05, 0.1) is 42.1 Å². The number of benzene rings is 1. The number of rotatable bonds is 14. The number of aromatic nitrogens is 4. The van der Waals surface area contributed by atoms with Crippen molar-refractivity contribution < 1.29 is 26.8 Å². The molecule has 238 valence electrons. The number of hydrogen-bond acceptors (Lipinski definition) is 9. The molecule has 1 saturated heterocycles. The van der Waals surface area contributed by atoms with Crippen LogP contribution in [0, 0.1) is 12.8 Å². The highest BCUT2D eigenvalue weighted by molar-refractivity contribution is 7.89. The molecule has 0 bridgehead atoms. The van der Waals surface area contributed by atoms with Crippen molar-refractivity contribution in [1.29, 1.82) is 0 Å². The van der Waals surface area contributed by atoms with Gasteiger partial charge in [0.2, 0.25) is 10.0 Å². The normalized spacial score (nSPS) is 15.5. The van der Waals surface area contributed by atoms with Crippen LogP contribution in [0.1, 0.15) is 77.7 Å². The second kappa shape index (κ2) is 14.0. The van der Waals surface area contributed by atoms with E-state index in [0.717, 1.165) is 12.8 Å². The number of H-pyrrole nitrogens is 1. The second-order valence-corrected chi connectivity index (χ2v) is 14.7. The van der Waals surface area contributed by atoms with Crippen LogP contribution < -0.4 is 10.3 Å². The lowest BCUT2D eigenvalue weighted by Gasteiger charge is -2.32. The number of hydrogen-bond donors (Lipinski definition) is 1. The van der Waals surface area contributed by atoms with E-state index in [0.29, 0.717) is 47.8 Å². The van der Waals surface area contributed by atoms with Gasteiger partial charge in [-0.25, -0.2) is 17.9 Å². The van der Waals surface area contributed by atoms with Crippen LogP contribution in [0.25, 0.3) is 16.9 Å². The molecule has 1 fully saturated rings. The number of piperidine rings is 1. The summed E-state index contributed by atoms with van der Waals surface area (Å²) in [6, 6.07) is 4.63. The molecule has 0 atom stereocenters. The van der Waals surface area contributed by atoms with Crippen molar-refractivity contribution in [1.82, 2.24) is 23.9 Å². The molecule has 0 saturated carbocycles. The molecule has 2 aromatic heterocycles. The quantitative estimate of drug-likeness (QED) is 0.231. The Bertz CT molecular complexity index is 1620. The van der Waals surface area contributed by atoms with E-state index in [-0.39, 0.29) is 60.6 Å². The Balaban J connectivity index is 1.67. The third-order valence-electron chi connectivity index (χ3n) is 7.90. The van der Waals surface area contributed by atoms with Crippen LogP contribution >= 0.6 is 7.60 Å². The highest BCUT2D eigenvalue weighted by Crippen LogP contribution is 2.51. The van der Waals surface area contributed by atoms with E-state index in [1.807, 2.05) is 6.92 Å². The Kier molecular flexibility index (Phi) is 10.9. The van der Waals surface area contributed by atoms with Gasteiger partial charge in [-0.05, 0) is 77.5 Å². The number of aromatic amines is 1. The molecule has 0 amide bonds. The fraction of sp³-hybridized carbons (Fsp3) is 0.621. The molecule has 1 N–H and O–H groups in total. The zero-order valence-electron chi connectivity index (χ0n) is 26.0. The average molecular weight is 638 g/mol. The first-order valence-electron chi connectivity index (χ1n) is 15.2. The summed E-state index contributed by atoms with van der Waals surface area (Å²) in [5.74, 6) is 1.44. The first kappa shape index (κ1) is 33.3. The molecule has 0 radical (unpaired) electrons. The minimum atomic E-state index is -3.88. The summed E-state index contributed by atoms with van der Waals surface area (Å²) in [7, 11) is -7.10. The van der Waals surface area contributed by atoms with Crippen molar-refractivity contribution in [2.24, 2.45) is 5.92 Å². The summed E-state index contributed by atoms with van der Waals surface area (Å²) in [5.41, 5.74) is 0.966. The molecule has 12 nitrogen and oxygen atoms in total. The maximum atomic E-state index is 13.8. The van der Waals surface area contributed by atoms with Gasteiger partial charge in [-0.1, -0.05) is 13.8 Å². The number of fused-ring (bicyclic) bond motifs is 1. The Hall–Kier alpha value is -2.57. The predicted molar refractivity (Wildman–Crippen MR) is 165 cm³/mol. The van der Waals surface area contributed by atoms with Gasteiger partial charge in [-0.15, -0.1) is 5.10 Å². The lowest BCUT2D eigenvalue weighted by Crippen LogP contribution is -2.39. The van der Waals surface area contributed by atoms with E-state index in [2.05, 4.69) is 23.8 Å². The second-order valence-electron chi connectivity index (χ2n) is 10.7. The number of aryl methyl sites for hydroxylation is 1. The minimum Gasteiger partial charge on any atom is -0.493 e. The minimum absolute atomic E-state index is 0.0233. The number of nitrogens with zero attached hydrogens (tertiary/aromatic N) is 4. The zero-order valence-corrected chi connectivity index (χ0v) is 27.7. The van der Waals surface area contributed by atoms with E-state index in [4.69, 9.17) is 18.9 Å². The molecule has 0 spiro atoms. The van der Waals surface area contributed by atoms with E-state index >= 15 is 0 Å². The fourth-order valence-corrected chi connectivity index (χ4v) is 9.27. The first-order chi connectivity index (χ1) is 20.5. The number of imidazole rings is 1. The molecule has 0 unspecified atom stereocenters. The Morgan fingerprint density at radius 2 is 1.70 bits per heavy atom. The molecule has 1 aliphatic heterocycles. The van der Waals surface area contributed by atoms with Crippen LogP contribution in [0.15, 0.2) is 27.9 Å². The lowest BCUT2D eigenvalue weighted by molar-refractivity contribution is 0.207. The molecular weight excluding hydrogens is 593 g/mol. The maximum Gasteiger partial charge on any atom is 0.330 e. The first-order valence-corrected chi connectivity index (χ1v) is 18.3. The van der Waals surface area contributed by atoms with Crippen molar-refractivity contribution in [3.63, 3.8) is 0 Å². The van der Waals surface area contributed by atoms with E-state index < -0.39 is 17.6 Å². The van der Waals surface area contributed by atoms with Crippen molar-refractivity contribution in [2.45, 2.75) is 78.0 Å². The summed E-state index contributed by atoms with van der Waals surface area (Å²) in [6.45, 7) is 12.8. The third-order valence-corrected chi connectivity index (χ3v) is 12.1. The standard InChI is InChI=1S/C29H44N5O7PS/c1-7-22(8-2)28-30-20(6)26-29(35)31-27(32-34(26)28)24-18-23(12-13-25(24)39-9-3)43(37,38)33-16-14-21(15-17-33)19-42(36,40-10-4)41-11-5/h12-13,18,21-22H,7-11,14-17,19H2,1-6H3,(H,31,32,35). The molecule has 43 heavy (non-hydrogen) atoms. The molecule has 1 aliphatic rings. The summed E-state index contributed by atoms with van der Waals surface area (Å²) >= 11 is 0. The van der Waals surface area contributed by atoms with E-state index in [9.17, 15) is 17.8 Å². The summed E-state index contributed by atoms with van der Waals surface area (Å²) in [6.07, 6.45) is 3.02. The topological polar surface area (TPSA) is 145 Å². The summed E-state index contributed by atoms with van der Waals surface area (Å²) in [4.78, 5) is 20.8. The largest absolute Gasteiger partial charge is 0.493 e. The lowest BCUT2D eigenvalue weighted by atomic mass is 10.0. The van der Waals surface area contributed by atoms with Gasteiger partial charge in [-0.2, -0.15) is 4.31 Å². The van der Waals surface area contributed by atoms with Crippen LogP contribution in [0.3, 0.4) is 0 Å². The summed E-state index contributed by atoms with van der Waals surface area (Å²) < 4.78 is 60.4. The third kappa shape index (κ3) is 7.06. The smallest absolute Gasteiger partial charge is 0.330 e. The van der Waals surface area contributed by atoms with E-state index in [1.54, 1.807) is 31.4 Å². The average Bonchev–Trinajstić information content (AvgIpc) is 3.30. The Labute approximate surface area is 253 Å². The SMILES string of the molecule is CCOc1ccc(S(=O)(=O)N2CCC(CP(=O)(OCC)OCC)CC2)cc1-c1nn2c(C(CC)CC)nc(C)c2c(=O)[nH]1. The number of sulfonamides is 1. The van der Waals surface area contributed by atoms with Crippen LogP contribution in [-0.4, -0.2) is 71.4 Å². The van der Waals surface area contributed by atoms with Gasteiger partial charge in [0, 0.05) is 19.0 Å². The van der Waals surface area contributed by atoms with Gasteiger partial charge < -0.3 is 18.8 Å². The van der Waals surface area contributed by atoms with Crippen LogP contribution in [0.2, 0.25) is 0 Å². The number of ether oxygens (including phenoxy) is 1. The maximum absolute atomic E-state index is 13.8. The van der Waals surface area contributed by atoms with Crippen molar-refractivity contribution in [2.75, 3.05) is 39.1 Å². The van der Waals surface area contributed by atoms with Gasteiger partial charge in [-0.3, -0.25) is 9.36 Å². The van der Waals surface area contributed by atoms with E-state index in [1.165, 1.54) is 16.4 Å². The monoisotopic (exact) mass is 637 g/mol. The number of nitrogens with one attached hydrogen (secondary N) is 1. The van der Waals surface area contributed by atoms with Crippen molar-refractivity contribution in [3.05, 3.63) is 40.1 Å². The van der Waals surface area contributed by atoms with Crippen LogP contribution in [0.4, 0.5) is 0 Å². The predicted octanol–water partition coefficient (Wildman–Crippen LogP) is 5.36. The zero-order chi connectivity index (χ0) is 31.4. The van der Waals surface area contributed by atoms with Gasteiger partial charge in [0.15, 0.2) is 11.3 Å². The highest BCUT2D eigenvalue weighted by Gasteiger charge is 2.35. The highest BCUT2D eigenvalue weighted by atomic mass is 32.2. The molecule has 4 rings (SSSR count). The Morgan fingerprint density at radius 1 is 1.05 bits per heavy atom. The molecule has 14 heteroatoms. The van der Waals surface area contributed by atoms with Gasteiger partial charge >= 0.3 is 7.60 Å². The van der Waals surface area contributed by atoms with Crippen LogP contribution in [-0.2, 0) is 23.6 Å². The molecule has 0 aliphatic carbocycles. The van der Waals surface area contributed by atoms with Gasteiger partial charge in [0.1, 0.15) is 11.6 Å². The van der Waals surface area contributed by atoms with Gasteiger partial charge in [0.25, 0.3) is 5.56 Å². The fourth-order valence-electron chi connectivity index (χ4n) is 5.70. The molecular formula is C29H44N5O7PS.